The highest BCUT2D eigenvalue weighted by atomic mass is 19.1. The lowest BCUT2D eigenvalue weighted by Gasteiger charge is -2.33. The number of hydrogen-bond acceptors (Lipinski definition) is 2. The van der Waals surface area contributed by atoms with Crippen molar-refractivity contribution < 1.29 is 9.13 Å². The Kier molecular flexibility index (Phi) is 3.47. The molecule has 0 aromatic rings. The first-order chi connectivity index (χ1) is 5.67. The van der Waals surface area contributed by atoms with E-state index in [-0.39, 0.29) is 5.92 Å². The molecule has 1 aliphatic heterocycles. The van der Waals surface area contributed by atoms with Crippen LogP contribution in [-0.4, -0.2) is 32.5 Å². The maximum absolute atomic E-state index is 13.8. The molecule has 0 radical (unpaired) electrons. The fourth-order valence-electron chi connectivity index (χ4n) is 1.71. The molecule has 1 fully saturated rings. The minimum Gasteiger partial charge on any atom is -0.381 e. The van der Waals surface area contributed by atoms with Crippen molar-refractivity contribution in [2.75, 3.05) is 26.8 Å². The van der Waals surface area contributed by atoms with E-state index in [9.17, 15) is 4.39 Å². The molecule has 1 N–H and O–H groups in total. The monoisotopic (exact) mass is 175 g/mol. The zero-order valence-corrected chi connectivity index (χ0v) is 7.90. The summed E-state index contributed by atoms with van der Waals surface area (Å²) in [7, 11) is 1.78. The zero-order chi connectivity index (χ0) is 9.03. The Labute approximate surface area is 73.5 Å². The van der Waals surface area contributed by atoms with E-state index in [1.54, 1.807) is 14.0 Å². The van der Waals surface area contributed by atoms with Gasteiger partial charge in [0.2, 0.25) is 0 Å². The predicted octanol–water partition coefficient (Wildman–Crippen LogP) is 1.36. The maximum atomic E-state index is 13.8. The number of rotatable bonds is 3. The third-order valence-electron chi connectivity index (χ3n) is 2.53. The van der Waals surface area contributed by atoms with Gasteiger partial charge in [-0.15, -0.1) is 0 Å². The second-order valence-corrected chi connectivity index (χ2v) is 3.72. The average molecular weight is 175 g/mol. The molecule has 0 saturated carbocycles. The number of ether oxygens (including phenoxy) is 1. The normalized spacial score (nSPS) is 29.8. The Balaban J connectivity index is 2.41. The summed E-state index contributed by atoms with van der Waals surface area (Å²) in [4.78, 5) is 0. The van der Waals surface area contributed by atoms with Gasteiger partial charge in [0, 0.05) is 19.1 Å². The van der Waals surface area contributed by atoms with Crippen LogP contribution in [0.4, 0.5) is 4.39 Å². The second kappa shape index (κ2) is 4.19. The highest BCUT2D eigenvalue weighted by Gasteiger charge is 2.34. The van der Waals surface area contributed by atoms with Gasteiger partial charge in [-0.1, -0.05) is 0 Å². The van der Waals surface area contributed by atoms with Crippen molar-refractivity contribution in [1.82, 2.24) is 5.32 Å². The molecule has 1 rings (SSSR count). The minimum absolute atomic E-state index is 0.0682. The van der Waals surface area contributed by atoms with E-state index in [1.807, 2.05) is 0 Å². The van der Waals surface area contributed by atoms with Gasteiger partial charge in [-0.3, -0.25) is 0 Å². The van der Waals surface area contributed by atoms with E-state index in [2.05, 4.69) is 5.32 Å². The van der Waals surface area contributed by atoms with Crippen LogP contribution >= 0.6 is 0 Å². The van der Waals surface area contributed by atoms with E-state index in [0.717, 1.165) is 19.4 Å². The standard InChI is InChI=1S/C9H18FNO/c1-9(10,7-11-2)8-4-3-5-12-6-8/h8,11H,3-7H2,1-2H3. The summed E-state index contributed by atoms with van der Waals surface area (Å²) in [6.45, 7) is 3.45. The predicted molar refractivity (Wildman–Crippen MR) is 47.0 cm³/mol. The smallest absolute Gasteiger partial charge is 0.125 e. The molecule has 3 heteroatoms. The molecule has 1 heterocycles. The Morgan fingerprint density at radius 2 is 2.42 bits per heavy atom. The van der Waals surface area contributed by atoms with Crippen molar-refractivity contribution in [3.05, 3.63) is 0 Å². The van der Waals surface area contributed by atoms with Crippen LogP contribution in [0.2, 0.25) is 0 Å². The molecule has 2 atom stereocenters. The molecule has 0 aromatic carbocycles. The number of halogens is 1. The molecule has 0 amide bonds. The van der Waals surface area contributed by atoms with Gasteiger partial charge in [-0.25, -0.2) is 4.39 Å². The summed E-state index contributed by atoms with van der Waals surface area (Å²) in [5.74, 6) is 0.0682. The molecule has 0 spiro atoms. The lowest BCUT2D eigenvalue weighted by molar-refractivity contribution is -0.0191. The summed E-state index contributed by atoms with van der Waals surface area (Å²) >= 11 is 0. The average Bonchev–Trinajstić information content (AvgIpc) is 2.06. The van der Waals surface area contributed by atoms with Crippen molar-refractivity contribution >= 4 is 0 Å². The molecule has 12 heavy (non-hydrogen) atoms. The van der Waals surface area contributed by atoms with E-state index >= 15 is 0 Å². The fourth-order valence-corrected chi connectivity index (χ4v) is 1.71. The third-order valence-corrected chi connectivity index (χ3v) is 2.53. The summed E-state index contributed by atoms with van der Waals surface area (Å²) in [5, 5.41) is 2.87. The van der Waals surface area contributed by atoms with E-state index in [0.29, 0.717) is 13.2 Å². The summed E-state index contributed by atoms with van der Waals surface area (Å²) in [6.07, 6.45) is 1.95. The van der Waals surface area contributed by atoms with Gasteiger partial charge < -0.3 is 10.1 Å². The van der Waals surface area contributed by atoms with E-state index in [4.69, 9.17) is 4.74 Å². The Morgan fingerprint density at radius 3 is 2.92 bits per heavy atom. The Morgan fingerprint density at radius 1 is 1.67 bits per heavy atom. The van der Waals surface area contributed by atoms with Crippen LogP contribution in [0, 0.1) is 5.92 Å². The van der Waals surface area contributed by atoms with Gasteiger partial charge in [-0.2, -0.15) is 0 Å². The van der Waals surface area contributed by atoms with Crippen LogP contribution in [0.15, 0.2) is 0 Å². The molecule has 0 aliphatic carbocycles. The van der Waals surface area contributed by atoms with Gasteiger partial charge in [-0.05, 0) is 26.8 Å². The number of alkyl halides is 1. The first-order valence-corrected chi connectivity index (χ1v) is 4.58. The Hall–Kier alpha value is -0.150. The second-order valence-electron chi connectivity index (χ2n) is 3.72. The van der Waals surface area contributed by atoms with Gasteiger partial charge in [0.05, 0.1) is 6.61 Å². The fraction of sp³-hybridized carbons (Fsp3) is 1.00. The first-order valence-electron chi connectivity index (χ1n) is 4.58. The van der Waals surface area contributed by atoms with Gasteiger partial charge in [0.1, 0.15) is 5.67 Å². The summed E-state index contributed by atoms with van der Waals surface area (Å²) in [5.41, 5.74) is -1.12. The largest absolute Gasteiger partial charge is 0.381 e. The lowest BCUT2D eigenvalue weighted by Crippen LogP contribution is -2.43. The maximum Gasteiger partial charge on any atom is 0.125 e. The Bertz CT molecular complexity index is 132. The summed E-state index contributed by atoms with van der Waals surface area (Å²) in [6, 6.07) is 0. The third kappa shape index (κ3) is 2.42. The quantitative estimate of drug-likeness (QED) is 0.699. The molecule has 2 nitrogen and oxygen atoms in total. The molecule has 1 aliphatic rings. The zero-order valence-electron chi connectivity index (χ0n) is 7.90. The topological polar surface area (TPSA) is 21.3 Å². The van der Waals surface area contributed by atoms with Gasteiger partial charge in [0.15, 0.2) is 0 Å². The SMILES string of the molecule is CNCC(C)(F)C1CCCOC1. The van der Waals surface area contributed by atoms with Crippen LogP contribution in [0.1, 0.15) is 19.8 Å². The van der Waals surface area contributed by atoms with E-state index < -0.39 is 5.67 Å². The lowest BCUT2D eigenvalue weighted by atomic mass is 9.86. The summed E-state index contributed by atoms with van der Waals surface area (Å²) < 4.78 is 19.1. The molecule has 1 saturated heterocycles. The van der Waals surface area contributed by atoms with E-state index in [1.165, 1.54) is 0 Å². The highest BCUT2D eigenvalue weighted by Crippen LogP contribution is 2.28. The minimum atomic E-state index is -1.12. The molecule has 0 aromatic heterocycles. The number of nitrogens with one attached hydrogen (secondary N) is 1. The van der Waals surface area contributed by atoms with Crippen LogP contribution in [0.25, 0.3) is 0 Å². The molecule has 72 valence electrons. The van der Waals surface area contributed by atoms with Crippen molar-refractivity contribution in [2.45, 2.75) is 25.4 Å². The molecule has 0 bridgehead atoms. The molecular weight excluding hydrogens is 157 g/mol. The number of hydrogen-bond donors (Lipinski definition) is 1. The molecule has 2 unspecified atom stereocenters. The highest BCUT2D eigenvalue weighted by molar-refractivity contribution is 4.85. The van der Waals surface area contributed by atoms with Crippen LogP contribution in [0.3, 0.4) is 0 Å². The van der Waals surface area contributed by atoms with Crippen molar-refractivity contribution in [1.29, 1.82) is 0 Å². The van der Waals surface area contributed by atoms with Crippen molar-refractivity contribution in [2.24, 2.45) is 5.92 Å². The molecular formula is C9H18FNO. The van der Waals surface area contributed by atoms with Gasteiger partial charge >= 0.3 is 0 Å². The van der Waals surface area contributed by atoms with Crippen molar-refractivity contribution in [3.8, 4) is 0 Å². The van der Waals surface area contributed by atoms with Gasteiger partial charge in [0.25, 0.3) is 0 Å². The van der Waals surface area contributed by atoms with Crippen LogP contribution in [-0.2, 0) is 4.74 Å². The van der Waals surface area contributed by atoms with Crippen molar-refractivity contribution in [3.63, 3.8) is 0 Å². The van der Waals surface area contributed by atoms with Crippen LogP contribution in [0.5, 0.6) is 0 Å². The first kappa shape index (κ1) is 9.93. The van der Waals surface area contributed by atoms with Crippen LogP contribution < -0.4 is 5.32 Å².